The summed E-state index contributed by atoms with van der Waals surface area (Å²) in [6.07, 6.45) is 1.86. The number of carboxylic acids is 1. The van der Waals surface area contributed by atoms with E-state index in [1.165, 1.54) is 13.2 Å². The molecule has 0 saturated carbocycles. The van der Waals surface area contributed by atoms with Gasteiger partial charge < -0.3 is 10.2 Å². The van der Waals surface area contributed by atoms with Crippen molar-refractivity contribution in [1.29, 1.82) is 0 Å². The number of aliphatic hydroxyl groups is 1. The highest BCUT2D eigenvalue weighted by atomic mass is 32.2. The Bertz CT molecular complexity index is 556. The molecule has 0 radical (unpaired) electrons. The molecule has 0 bridgehead atoms. The average Bonchev–Trinajstić information content (AvgIpc) is 2.35. The number of aromatic carboxylic acids is 1. The quantitative estimate of drug-likeness (QED) is 0.772. The maximum absolute atomic E-state index is 12.2. The van der Waals surface area contributed by atoms with E-state index in [2.05, 4.69) is 4.98 Å². The lowest BCUT2D eigenvalue weighted by Crippen LogP contribution is -2.30. The summed E-state index contributed by atoms with van der Waals surface area (Å²) in [5.41, 5.74) is -0.320. The Morgan fingerprint density at radius 2 is 2.16 bits per heavy atom. The molecule has 0 aliphatic rings. The summed E-state index contributed by atoms with van der Waals surface area (Å²) < 4.78 is 25.4. The molecule has 2 N–H and O–H groups in total. The molecule has 1 atom stereocenters. The molecule has 0 aliphatic heterocycles. The zero-order valence-electron chi connectivity index (χ0n) is 10.6. The predicted octanol–water partition coefficient (Wildman–Crippen LogP) is 0.171. The van der Waals surface area contributed by atoms with E-state index in [-0.39, 0.29) is 23.4 Å². The Balaban J connectivity index is 3.10. The smallest absolute Gasteiger partial charge is 0.337 e. The number of aliphatic hydroxyl groups excluding tert-OH is 1. The number of carbonyl (C=O) groups is 1. The van der Waals surface area contributed by atoms with Gasteiger partial charge in [-0.15, -0.1) is 0 Å². The maximum Gasteiger partial charge on any atom is 0.337 e. The summed E-state index contributed by atoms with van der Waals surface area (Å²) in [4.78, 5) is 14.3. The van der Waals surface area contributed by atoms with E-state index in [0.29, 0.717) is 0 Å². The maximum atomic E-state index is 12.2. The molecule has 0 aliphatic carbocycles. The molecular weight excluding hydrogens is 272 g/mol. The minimum absolute atomic E-state index is 0.0912. The van der Waals surface area contributed by atoms with Crippen molar-refractivity contribution in [3.05, 3.63) is 24.0 Å². The number of rotatable bonds is 6. The Labute approximate surface area is 111 Å². The summed E-state index contributed by atoms with van der Waals surface area (Å²) >= 11 is 0. The highest BCUT2D eigenvalue weighted by Gasteiger charge is 2.26. The number of sulfonamides is 1. The molecule has 0 aromatic carbocycles. The third-order valence-electron chi connectivity index (χ3n) is 2.56. The zero-order valence-corrected chi connectivity index (χ0v) is 11.5. The molecule has 0 amide bonds. The van der Waals surface area contributed by atoms with Crippen molar-refractivity contribution in [3.8, 4) is 0 Å². The Kier molecular flexibility index (Phi) is 4.98. The molecular formula is C11H16N2O5S. The number of pyridine rings is 1. The van der Waals surface area contributed by atoms with E-state index < -0.39 is 22.1 Å². The van der Waals surface area contributed by atoms with Gasteiger partial charge >= 0.3 is 5.97 Å². The predicted molar refractivity (Wildman–Crippen MR) is 67.3 cm³/mol. The van der Waals surface area contributed by atoms with Crippen molar-refractivity contribution in [2.24, 2.45) is 0 Å². The molecule has 106 valence electrons. The summed E-state index contributed by atoms with van der Waals surface area (Å²) in [5, 5.41) is 18.1. The van der Waals surface area contributed by atoms with Gasteiger partial charge in [0.15, 0.2) is 0 Å². The standard InChI is InChI=1S/C11H16N2O5S/c1-8(14)4-6-13(2)19(17,18)10-7-12-5-3-9(10)11(15)16/h3,5,7-8,14H,4,6H2,1-2H3,(H,15,16). The van der Waals surface area contributed by atoms with Crippen LogP contribution in [0.3, 0.4) is 0 Å². The van der Waals surface area contributed by atoms with Gasteiger partial charge in [-0.25, -0.2) is 17.5 Å². The van der Waals surface area contributed by atoms with Crippen molar-refractivity contribution >= 4 is 16.0 Å². The molecule has 1 heterocycles. The molecule has 1 aromatic rings. The second kappa shape index (κ2) is 6.09. The average molecular weight is 288 g/mol. The van der Waals surface area contributed by atoms with Gasteiger partial charge in [0.1, 0.15) is 4.90 Å². The Morgan fingerprint density at radius 3 is 2.68 bits per heavy atom. The third-order valence-corrected chi connectivity index (χ3v) is 4.45. The molecule has 0 fully saturated rings. The molecule has 0 saturated heterocycles. The minimum Gasteiger partial charge on any atom is -0.478 e. The second-order valence-corrected chi connectivity index (χ2v) is 6.15. The normalized spacial score (nSPS) is 13.5. The Morgan fingerprint density at radius 1 is 1.53 bits per heavy atom. The van der Waals surface area contributed by atoms with Gasteiger partial charge in [0.05, 0.1) is 11.7 Å². The van der Waals surface area contributed by atoms with Crippen LogP contribution in [0, 0.1) is 0 Å². The SMILES string of the molecule is CC(O)CCN(C)S(=O)(=O)c1cnccc1C(=O)O. The molecule has 8 heteroatoms. The molecule has 1 rings (SSSR count). The summed E-state index contributed by atoms with van der Waals surface area (Å²) in [6, 6.07) is 1.14. The fraction of sp³-hybridized carbons (Fsp3) is 0.455. The zero-order chi connectivity index (χ0) is 14.6. The fourth-order valence-corrected chi connectivity index (χ4v) is 2.73. The van der Waals surface area contributed by atoms with Gasteiger partial charge in [-0.2, -0.15) is 0 Å². The molecule has 19 heavy (non-hydrogen) atoms. The summed E-state index contributed by atoms with van der Waals surface area (Å²) in [6.45, 7) is 1.64. The van der Waals surface area contributed by atoms with Crippen LogP contribution in [-0.2, 0) is 10.0 Å². The fourth-order valence-electron chi connectivity index (χ4n) is 1.42. The summed E-state index contributed by atoms with van der Waals surface area (Å²) in [7, 11) is -2.60. The highest BCUT2D eigenvalue weighted by Crippen LogP contribution is 2.18. The largest absolute Gasteiger partial charge is 0.478 e. The van der Waals surface area contributed by atoms with Crippen LogP contribution in [0.5, 0.6) is 0 Å². The molecule has 1 aromatic heterocycles. The first kappa shape index (κ1) is 15.5. The van der Waals surface area contributed by atoms with Crippen LogP contribution in [0.1, 0.15) is 23.7 Å². The van der Waals surface area contributed by atoms with Gasteiger partial charge in [-0.05, 0) is 19.4 Å². The van der Waals surface area contributed by atoms with E-state index in [0.717, 1.165) is 16.6 Å². The second-order valence-electron chi connectivity index (χ2n) is 4.14. The van der Waals surface area contributed by atoms with Crippen LogP contribution in [0.2, 0.25) is 0 Å². The molecule has 0 spiro atoms. The number of hydrogen-bond acceptors (Lipinski definition) is 5. The third kappa shape index (κ3) is 3.72. The number of carboxylic acid groups (broad SMARTS) is 1. The summed E-state index contributed by atoms with van der Waals surface area (Å²) in [5.74, 6) is -1.33. The van der Waals surface area contributed by atoms with E-state index in [1.807, 2.05) is 0 Å². The number of nitrogens with zero attached hydrogens (tertiary/aromatic N) is 2. The monoisotopic (exact) mass is 288 g/mol. The van der Waals surface area contributed by atoms with Crippen LogP contribution < -0.4 is 0 Å². The van der Waals surface area contributed by atoms with Gasteiger partial charge in [0.25, 0.3) is 0 Å². The van der Waals surface area contributed by atoms with Crippen LogP contribution in [-0.4, -0.2) is 53.6 Å². The van der Waals surface area contributed by atoms with Crippen LogP contribution in [0.4, 0.5) is 0 Å². The van der Waals surface area contributed by atoms with E-state index in [9.17, 15) is 13.2 Å². The van der Waals surface area contributed by atoms with E-state index in [4.69, 9.17) is 10.2 Å². The van der Waals surface area contributed by atoms with Crippen LogP contribution in [0.15, 0.2) is 23.4 Å². The van der Waals surface area contributed by atoms with Crippen LogP contribution in [0.25, 0.3) is 0 Å². The number of aromatic nitrogens is 1. The first-order valence-electron chi connectivity index (χ1n) is 5.58. The lowest BCUT2D eigenvalue weighted by atomic mass is 10.3. The first-order valence-corrected chi connectivity index (χ1v) is 7.02. The van der Waals surface area contributed by atoms with Crippen molar-refractivity contribution in [2.45, 2.75) is 24.3 Å². The van der Waals surface area contributed by atoms with Gasteiger partial charge in [0.2, 0.25) is 10.0 Å². The van der Waals surface area contributed by atoms with Gasteiger partial charge in [-0.3, -0.25) is 4.98 Å². The minimum atomic E-state index is -3.93. The van der Waals surface area contributed by atoms with E-state index >= 15 is 0 Å². The lowest BCUT2D eigenvalue weighted by molar-refractivity contribution is 0.0692. The van der Waals surface area contributed by atoms with Gasteiger partial charge in [-0.1, -0.05) is 0 Å². The van der Waals surface area contributed by atoms with Crippen molar-refractivity contribution in [2.75, 3.05) is 13.6 Å². The van der Waals surface area contributed by atoms with Gasteiger partial charge in [0, 0.05) is 26.0 Å². The van der Waals surface area contributed by atoms with Crippen LogP contribution >= 0.6 is 0 Å². The van der Waals surface area contributed by atoms with Crippen molar-refractivity contribution < 1.29 is 23.4 Å². The highest BCUT2D eigenvalue weighted by molar-refractivity contribution is 7.89. The topological polar surface area (TPSA) is 108 Å². The van der Waals surface area contributed by atoms with Crippen molar-refractivity contribution in [3.63, 3.8) is 0 Å². The van der Waals surface area contributed by atoms with Crippen molar-refractivity contribution in [1.82, 2.24) is 9.29 Å². The first-order chi connectivity index (χ1) is 8.76. The lowest BCUT2D eigenvalue weighted by Gasteiger charge is -2.18. The molecule has 7 nitrogen and oxygen atoms in total. The number of hydrogen-bond donors (Lipinski definition) is 2. The molecule has 1 unspecified atom stereocenters. The van der Waals surface area contributed by atoms with E-state index in [1.54, 1.807) is 6.92 Å². The Hall–Kier alpha value is -1.51.